The van der Waals surface area contributed by atoms with Gasteiger partial charge in [0.05, 0.1) is 0 Å². The van der Waals surface area contributed by atoms with Crippen LogP contribution >= 0.6 is 15.9 Å². The Morgan fingerprint density at radius 3 is 2.87 bits per heavy atom. The first-order chi connectivity index (χ1) is 7.26. The number of rotatable bonds is 6. The minimum atomic E-state index is 0.336. The van der Waals surface area contributed by atoms with Crippen LogP contribution in [-0.4, -0.2) is 16.5 Å². The molecule has 1 unspecified atom stereocenters. The van der Waals surface area contributed by atoms with Gasteiger partial charge in [0.2, 0.25) is 0 Å². The molecule has 0 saturated carbocycles. The molecule has 0 saturated heterocycles. The molecular weight excluding hydrogens is 254 g/mol. The van der Waals surface area contributed by atoms with Gasteiger partial charge in [0.1, 0.15) is 5.75 Å². The van der Waals surface area contributed by atoms with Crippen molar-refractivity contribution >= 4 is 15.9 Å². The van der Waals surface area contributed by atoms with E-state index in [0.29, 0.717) is 11.8 Å². The number of alkyl halides is 1. The lowest BCUT2D eigenvalue weighted by molar-refractivity contribution is 0.469. The standard InChI is InChI=1S/C12H18BrNO/c1-2-11(6-7-13)14-9-10-4-3-5-12(15)8-10/h3-5,8,11,14-15H,2,6-7,9H2,1H3. The van der Waals surface area contributed by atoms with Crippen LogP contribution in [0.25, 0.3) is 0 Å². The van der Waals surface area contributed by atoms with Crippen LogP contribution in [0, 0.1) is 0 Å². The topological polar surface area (TPSA) is 32.3 Å². The number of aromatic hydroxyl groups is 1. The number of nitrogens with one attached hydrogen (secondary N) is 1. The van der Waals surface area contributed by atoms with Crippen LogP contribution in [-0.2, 0) is 6.54 Å². The van der Waals surface area contributed by atoms with Gasteiger partial charge in [0.15, 0.2) is 0 Å². The van der Waals surface area contributed by atoms with Crippen molar-refractivity contribution in [3.63, 3.8) is 0 Å². The molecule has 0 heterocycles. The van der Waals surface area contributed by atoms with Crippen LogP contribution in [0.5, 0.6) is 5.75 Å². The Morgan fingerprint density at radius 1 is 1.47 bits per heavy atom. The Morgan fingerprint density at radius 2 is 2.27 bits per heavy atom. The summed E-state index contributed by atoms with van der Waals surface area (Å²) in [7, 11) is 0. The van der Waals surface area contributed by atoms with Crippen LogP contribution < -0.4 is 5.32 Å². The minimum absolute atomic E-state index is 0.336. The van der Waals surface area contributed by atoms with Crippen molar-refractivity contribution in [3.05, 3.63) is 29.8 Å². The highest BCUT2D eigenvalue weighted by atomic mass is 79.9. The van der Waals surface area contributed by atoms with Gasteiger partial charge in [-0.1, -0.05) is 35.0 Å². The minimum Gasteiger partial charge on any atom is -0.508 e. The molecule has 2 N–H and O–H groups in total. The molecule has 0 radical (unpaired) electrons. The lowest BCUT2D eigenvalue weighted by Gasteiger charge is -2.15. The Kier molecular flexibility index (Phi) is 5.73. The highest BCUT2D eigenvalue weighted by Crippen LogP contribution is 2.11. The maximum atomic E-state index is 9.30. The van der Waals surface area contributed by atoms with Crippen LogP contribution in [0.1, 0.15) is 25.3 Å². The van der Waals surface area contributed by atoms with Crippen molar-refractivity contribution in [2.75, 3.05) is 5.33 Å². The number of phenols is 1. The van der Waals surface area contributed by atoms with E-state index in [2.05, 4.69) is 28.2 Å². The van der Waals surface area contributed by atoms with Crippen molar-refractivity contribution in [1.29, 1.82) is 0 Å². The molecule has 0 bridgehead atoms. The molecule has 0 amide bonds. The zero-order valence-corrected chi connectivity index (χ0v) is 10.6. The van der Waals surface area contributed by atoms with Gasteiger partial charge in [-0.05, 0) is 30.5 Å². The van der Waals surface area contributed by atoms with Crippen molar-refractivity contribution in [3.8, 4) is 5.75 Å². The molecule has 84 valence electrons. The third-order valence-electron chi connectivity index (χ3n) is 2.46. The fourth-order valence-electron chi connectivity index (χ4n) is 1.51. The monoisotopic (exact) mass is 271 g/mol. The second-order valence-corrected chi connectivity index (χ2v) is 4.43. The van der Waals surface area contributed by atoms with Gasteiger partial charge in [0, 0.05) is 17.9 Å². The normalized spacial score (nSPS) is 12.7. The van der Waals surface area contributed by atoms with Gasteiger partial charge < -0.3 is 10.4 Å². The van der Waals surface area contributed by atoms with E-state index in [4.69, 9.17) is 0 Å². The molecule has 1 aromatic carbocycles. The highest BCUT2D eigenvalue weighted by molar-refractivity contribution is 9.09. The Hall–Kier alpha value is -0.540. The third-order valence-corrected chi connectivity index (χ3v) is 2.91. The SMILES string of the molecule is CCC(CCBr)NCc1cccc(O)c1. The molecule has 15 heavy (non-hydrogen) atoms. The molecule has 0 aliphatic rings. The molecule has 3 heteroatoms. The molecule has 0 aliphatic heterocycles. The lowest BCUT2D eigenvalue weighted by atomic mass is 10.1. The summed E-state index contributed by atoms with van der Waals surface area (Å²) < 4.78 is 0. The van der Waals surface area contributed by atoms with Gasteiger partial charge in [-0.25, -0.2) is 0 Å². The summed E-state index contributed by atoms with van der Waals surface area (Å²) in [6.45, 7) is 3.00. The van der Waals surface area contributed by atoms with E-state index < -0.39 is 0 Å². The van der Waals surface area contributed by atoms with E-state index in [-0.39, 0.29) is 0 Å². The maximum absolute atomic E-state index is 9.30. The Balaban J connectivity index is 2.41. The van der Waals surface area contributed by atoms with Crippen molar-refractivity contribution in [1.82, 2.24) is 5.32 Å². The van der Waals surface area contributed by atoms with E-state index in [9.17, 15) is 5.11 Å². The zero-order valence-electron chi connectivity index (χ0n) is 9.04. The predicted octanol–water partition coefficient (Wildman–Crippen LogP) is 3.05. The first kappa shape index (κ1) is 12.5. The predicted molar refractivity (Wildman–Crippen MR) is 67.4 cm³/mol. The van der Waals surface area contributed by atoms with Crippen LogP contribution in [0.15, 0.2) is 24.3 Å². The van der Waals surface area contributed by atoms with Crippen molar-refractivity contribution in [2.24, 2.45) is 0 Å². The van der Waals surface area contributed by atoms with Gasteiger partial charge in [-0.15, -0.1) is 0 Å². The fraction of sp³-hybridized carbons (Fsp3) is 0.500. The summed E-state index contributed by atoms with van der Waals surface area (Å²) >= 11 is 3.45. The Labute approximate surface area is 99.8 Å². The van der Waals surface area contributed by atoms with E-state index in [1.54, 1.807) is 12.1 Å². The van der Waals surface area contributed by atoms with Gasteiger partial charge in [0.25, 0.3) is 0 Å². The number of benzene rings is 1. The highest BCUT2D eigenvalue weighted by Gasteiger charge is 2.04. The Bertz CT molecular complexity index is 291. The first-order valence-corrected chi connectivity index (χ1v) is 6.45. The smallest absolute Gasteiger partial charge is 0.115 e. The summed E-state index contributed by atoms with van der Waals surface area (Å²) in [5.41, 5.74) is 1.13. The van der Waals surface area contributed by atoms with Gasteiger partial charge >= 0.3 is 0 Å². The molecule has 2 nitrogen and oxygen atoms in total. The third kappa shape index (κ3) is 4.67. The van der Waals surface area contributed by atoms with Gasteiger partial charge in [-0.2, -0.15) is 0 Å². The molecule has 0 aromatic heterocycles. The first-order valence-electron chi connectivity index (χ1n) is 5.33. The number of phenolic OH excluding ortho intramolecular Hbond substituents is 1. The molecular formula is C12H18BrNO. The zero-order chi connectivity index (χ0) is 11.1. The number of hydrogen-bond acceptors (Lipinski definition) is 2. The van der Waals surface area contributed by atoms with Crippen molar-refractivity contribution < 1.29 is 5.11 Å². The van der Waals surface area contributed by atoms with Gasteiger partial charge in [-0.3, -0.25) is 0 Å². The number of hydrogen-bond donors (Lipinski definition) is 2. The quantitative estimate of drug-likeness (QED) is 0.780. The lowest BCUT2D eigenvalue weighted by Crippen LogP contribution is -2.28. The van der Waals surface area contributed by atoms with Crippen LogP contribution in [0.3, 0.4) is 0 Å². The van der Waals surface area contributed by atoms with E-state index in [0.717, 1.165) is 30.3 Å². The largest absolute Gasteiger partial charge is 0.508 e. The average Bonchev–Trinajstić information content (AvgIpc) is 2.24. The molecule has 1 rings (SSSR count). The molecule has 1 atom stereocenters. The van der Waals surface area contributed by atoms with Crippen LogP contribution in [0.4, 0.5) is 0 Å². The molecule has 1 aromatic rings. The maximum Gasteiger partial charge on any atom is 0.115 e. The summed E-state index contributed by atoms with van der Waals surface area (Å²) in [5.74, 6) is 0.336. The second kappa shape index (κ2) is 6.85. The number of halogens is 1. The van der Waals surface area contributed by atoms with E-state index in [1.807, 2.05) is 12.1 Å². The summed E-state index contributed by atoms with van der Waals surface area (Å²) in [5, 5.41) is 13.8. The van der Waals surface area contributed by atoms with Crippen LogP contribution in [0.2, 0.25) is 0 Å². The average molecular weight is 272 g/mol. The summed E-state index contributed by atoms with van der Waals surface area (Å²) in [4.78, 5) is 0. The molecule has 0 aliphatic carbocycles. The second-order valence-electron chi connectivity index (χ2n) is 3.63. The van der Waals surface area contributed by atoms with E-state index >= 15 is 0 Å². The van der Waals surface area contributed by atoms with Crippen molar-refractivity contribution in [2.45, 2.75) is 32.4 Å². The van der Waals surface area contributed by atoms with E-state index in [1.165, 1.54) is 0 Å². The summed E-state index contributed by atoms with van der Waals surface area (Å²) in [6.07, 6.45) is 2.26. The summed E-state index contributed by atoms with van der Waals surface area (Å²) in [6, 6.07) is 7.94. The molecule has 0 spiro atoms. The molecule has 0 fully saturated rings. The fourth-order valence-corrected chi connectivity index (χ4v) is 2.06.